The van der Waals surface area contributed by atoms with Crippen molar-refractivity contribution in [1.82, 2.24) is 15.2 Å². The number of nitriles is 1. The van der Waals surface area contributed by atoms with Gasteiger partial charge in [-0.3, -0.25) is 29.1 Å². The van der Waals surface area contributed by atoms with Crippen LogP contribution in [0.25, 0.3) is 16.2 Å². The number of carbonyl (C=O) groups is 3. The lowest BCUT2D eigenvalue weighted by molar-refractivity contribution is -0.116. The molecule has 3 aromatic rings. The largest absolute Gasteiger partial charge is 0.347 e. The molecule has 1 aliphatic heterocycles. The van der Waals surface area contributed by atoms with E-state index in [9.17, 15) is 24.4 Å². The summed E-state index contributed by atoms with van der Waals surface area (Å²) in [5.41, 5.74) is 0.410. The fraction of sp³-hybridized carbons (Fsp3) is 0.0455. The van der Waals surface area contributed by atoms with Crippen molar-refractivity contribution in [3.05, 3.63) is 85.8 Å². The predicted molar refractivity (Wildman–Crippen MR) is 121 cm³/mol. The summed E-state index contributed by atoms with van der Waals surface area (Å²) in [5, 5.41) is 14.0. The lowest BCUT2D eigenvalue weighted by Crippen LogP contribution is -2.34. The van der Waals surface area contributed by atoms with Crippen molar-refractivity contribution in [2.75, 3.05) is 0 Å². The Kier molecular flexibility index (Phi) is 6.02. The Morgan fingerprint density at radius 2 is 1.69 bits per heavy atom. The Hall–Kier alpha value is -3.94. The van der Waals surface area contributed by atoms with Gasteiger partial charge in [0.2, 0.25) is 0 Å². The SMILES string of the molecule is N#C/C(C(=O)NCc1ccccc1)=c1/s/c(=C2\SC(=O)NC2=O)c(=O)n1-c1ccccc1. The van der Waals surface area contributed by atoms with Crippen LogP contribution in [0.3, 0.4) is 0 Å². The highest BCUT2D eigenvalue weighted by atomic mass is 32.2. The molecule has 4 rings (SSSR count). The van der Waals surface area contributed by atoms with Crippen LogP contribution in [0.1, 0.15) is 5.56 Å². The first-order valence-electron chi connectivity index (χ1n) is 9.31. The molecular weight excluding hydrogens is 448 g/mol. The Morgan fingerprint density at radius 3 is 2.28 bits per heavy atom. The average Bonchev–Trinajstić information content (AvgIpc) is 3.32. The average molecular weight is 463 g/mol. The van der Waals surface area contributed by atoms with E-state index >= 15 is 0 Å². The van der Waals surface area contributed by atoms with Gasteiger partial charge in [-0.1, -0.05) is 48.5 Å². The maximum atomic E-state index is 13.2. The van der Waals surface area contributed by atoms with E-state index in [4.69, 9.17) is 0 Å². The lowest BCUT2D eigenvalue weighted by Gasteiger charge is -2.06. The van der Waals surface area contributed by atoms with E-state index in [1.807, 2.05) is 36.4 Å². The van der Waals surface area contributed by atoms with E-state index in [2.05, 4.69) is 10.6 Å². The van der Waals surface area contributed by atoms with Crippen LogP contribution in [0.5, 0.6) is 0 Å². The van der Waals surface area contributed by atoms with Crippen molar-refractivity contribution in [1.29, 1.82) is 5.26 Å². The van der Waals surface area contributed by atoms with Gasteiger partial charge in [0.05, 0.1) is 5.69 Å². The summed E-state index contributed by atoms with van der Waals surface area (Å²) in [6.45, 7) is 0.197. The molecule has 10 heteroatoms. The first kappa shape index (κ1) is 21.3. The zero-order valence-corrected chi connectivity index (χ0v) is 18.0. The Morgan fingerprint density at radius 1 is 1.03 bits per heavy atom. The highest BCUT2D eigenvalue weighted by Gasteiger charge is 2.29. The molecule has 3 amide bonds. The van der Waals surface area contributed by atoms with Crippen molar-refractivity contribution in [3.63, 3.8) is 0 Å². The number of para-hydroxylation sites is 1. The van der Waals surface area contributed by atoms with E-state index in [-0.39, 0.29) is 26.2 Å². The van der Waals surface area contributed by atoms with E-state index in [1.54, 1.807) is 30.3 Å². The third kappa shape index (κ3) is 4.12. The van der Waals surface area contributed by atoms with E-state index in [0.29, 0.717) is 17.4 Å². The van der Waals surface area contributed by atoms with E-state index in [1.165, 1.54) is 4.57 Å². The van der Waals surface area contributed by atoms with Crippen LogP contribution >= 0.6 is 23.1 Å². The van der Waals surface area contributed by atoms with Gasteiger partial charge in [-0.05, 0) is 29.5 Å². The van der Waals surface area contributed by atoms with Crippen LogP contribution in [0.4, 0.5) is 4.79 Å². The molecule has 1 aliphatic rings. The van der Waals surface area contributed by atoms with Crippen LogP contribution in [0.2, 0.25) is 0 Å². The minimum absolute atomic E-state index is 0.0131. The molecule has 0 saturated carbocycles. The van der Waals surface area contributed by atoms with Crippen LogP contribution in [-0.4, -0.2) is 21.6 Å². The molecule has 2 N–H and O–H groups in total. The zero-order valence-electron chi connectivity index (χ0n) is 16.3. The van der Waals surface area contributed by atoms with Crippen LogP contribution in [-0.2, 0) is 16.1 Å². The van der Waals surface area contributed by atoms with Gasteiger partial charge in [0.1, 0.15) is 20.2 Å². The van der Waals surface area contributed by atoms with Gasteiger partial charge >= 0.3 is 0 Å². The minimum Gasteiger partial charge on any atom is -0.347 e. The number of aromatic nitrogens is 1. The number of rotatable bonds is 4. The second-order valence-corrected chi connectivity index (χ2v) is 8.52. The predicted octanol–water partition coefficient (Wildman–Crippen LogP) is 0.981. The van der Waals surface area contributed by atoms with Gasteiger partial charge in [0, 0.05) is 6.54 Å². The Balaban J connectivity index is 1.92. The minimum atomic E-state index is -0.683. The van der Waals surface area contributed by atoms with Gasteiger partial charge < -0.3 is 5.32 Å². The monoisotopic (exact) mass is 462 g/mol. The molecule has 32 heavy (non-hydrogen) atoms. The molecule has 0 bridgehead atoms. The molecule has 1 aromatic heterocycles. The number of thiazole rings is 1. The summed E-state index contributed by atoms with van der Waals surface area (Å²) < 4.78 is 1.27. The number of imide groups is 1. The number of benzene rings is 2. The first-order valence-corrected chi connectivity index (χ1v) is 10.9. The summed E-state index contributed by atoms with van der Waals surface area (Å²) in [7, 11) is 0. The smallest absolute Gasteiger partial charge is 0.290 e. The normalized spacial score (nSPS) is 15.7. The summed E-state index contributed by atoms with van der Waals surface area (Å²) in [4.78, 5) is 49.8. The number of nitrogens with zero attached hydrogens (tertiary/aromatic N) is 2. The summed E-state index contributed by atoms with van der Waals surface area (Å²) in [5.74, 6) is -1.34. The standard InChI is InChI=1S/C22H14N4O4S2/c23-11-15(18(27)24-12-13-7-3-1-4-8-13)21-26(14-9-5-2-6-10-14)20(29)17(31-21)16-19(28)25-22(30)32-16/h1-10H,12H2,(H,24,27)(H,25,28,30)/b17-16-,21-15-. The molecular formula is C22H14N4O4S2. The molecule has 158 valence electrons. The molecule has 0 radical (unpaired) electrons. The molecule has 0 spiro atoms. The van der Waals surface area contributed by atoms with Gasteiger partial charge in [0.15, 0.2) is 5.57 Å². The highest BCUT2D eigenvalue weighted by molar-refractivity contribution is 8.23. The Bertz CT molecular complexity index is 1450. The number of amides is 3. The third-order valence-corrected chi connectivity index (χ3v) is 6.66. The molecule has 1 saturated heterocycles. The molecule has 8 nitrogen and oxygen atoms in total. The van der Waals surface area contributed by atoms with Gasteiger partial charge in [-0.15, -0.1) is 11.3 Å². The molecule has 0 atom stereocenters. The van der Waals surface area contributed by atoms with E-state index in [0.717, 1.165) is 16.9 Å². The number of nitrogens with one attached hydrogen (secondary N) is 2. The van der Waals surface area contributed by atoms with Gasteiger partial charge in [-0.25, -0.2) is 0 Å². The third-order valence-electron chi connectivity index (χ3n) is 4.48. The van der Waals surface area contributed by atoms with Crippen LogP contribution < -0.4 is 25.4 Å². The van der Waals surface area contributed by atoms with Crippen molar-refractivity contribution in [2.45, 2.75) is 6.54 Å². The van der Waals surface area contributed by atoms with Gasteiger partial charge in [-0.2, -0.15) is 5.26 Å². The first-order chi connectivity index (χ1) is 15.5. The zero-order chi connectivity index (χ0) is 22.7. The van der Waals surface area contributed by atoms with Crippen molar-refractivity contribution in [3.8, 4) is 11.8 Å². The quantitative estimate of drug-likeness (QED) is 0.596. The number of carbonyl (C=O) groups excluding carboxylic acids is 3. The molecule has 0 aliphatic carbocycles. The second-order valence-electron chi connectivity index (χ2n) is 6.54. The maximum absolute atomic E-state index is 13.2. The summed E-state index contributed by atoms with van der Waals surface area (Å²) >= 11 is 1.44. The topological polar surface area (TPSA) is 121 Å². The van der Waals surface area contributed by atoms with Crippen LogP contribution in [0.15, 0.2) is 65.5 Å². The van der Waals surface area contributed by atoms with Crippen molar-refractivity contribution in [2.24, 2.45) is 0 Å². The molecule has 2 aromatic carbocycles. The van der Waals surface area contributed by atoms with Crippen LogP contribution in [0, 0.1) is 11.3 Å². The van der Waals surface area contributed by atoms with Crippen molar-refractivity contribution >= 4 is 50.6 Å². The maximum Gasteiger partial charge on any atom is 0.290 e. The number of hydrogen-bond donors (Lipinski definition) is 2. The number of thioether (sulfide) groups is 1. The van der Waals surface area contributed by atoms with E-state index < -0.39 is 22.6 Å². The fourth-order valence-corrected chi connectivity index (χ4v) is 5.00. The molecule has 1 fully saturated rings. The molecule has 0 unspecified atom stereocenters. The van der Waals surface area contributed by atoms with Gasteiger partial charge in [0.25, 0.3) is 22.6 Å². The second kappa shape index (κ2) is 9.05. The Labute approximate surface area is 189 Å². The number of hydrogen-bond acceptors (Lipinski definition) is 7. The molecule has 2 heterocycles. The fourth-order valence-electron chi connectivity index (χ4n) is 3.02. The van der Waals surface area contributed by atoms with Crippen molar-refractivity contribution < 1.29 is 14.4 Å². The lowest BCUT2D eigenvalue weighted by atomic mass is 10.2. The summed E-state index contributed by atoms with van der Waals surface area (Å²) in [6.07, 6.45) is 0. The summed E-state index contributed by atoms with van der Waals surface area (Å²) in [6, 6.07) is 19.5. The highest BCUT2D eigenvalue weighted by Crippen LogP contribution is 2.22.